The molecule has 0 saturated heterocycles. The Bertz CT molecular complexity index is 1510. The van der Waals surface area contributed by atoms with Crippen LogP contribution in [-0.2, 0) is 22.6 Å². The van der Waals surface area contributed by atoms with Crippen LogP contribution >= 0.6 is 0 Å². The van der Waals surface area contributed by atoms with Gasteiger partial charge in [-0.15, -0.1) is 0 Å². The summed E-state index contributed by atoms with van der Waals surface area (Å²) >= 11 is 0. The van der Waals surface area contributed by atoms with Gasteiger partial charge in [0.05, 0.1) is 16.8 Å². The fraction of sp³-hybridized carbons (Fsp3) is 0.0938. The van der Waals surface area contributed by atoms with Gasteiger partial charge in [0.1, 0.15) is 5.82 Å². The normalized spacial score (nSPS) is 10.8. The highest BCUT2D eigenvalue weighted by molar-refractivity contribution is 6.05. The minimum atomic E-state index is -0.625. The molecule has 188 valence electrons. The van der Waals surface area contributed by atoms with E-state index in [-0.39, 0.29) is 11.7 Å². The van der Waals surface area contributed by atoms with E-state index in [2.05, 4.69) is 4.98 Å². The van der Waals surface area contributed by atoms with Crippen LogP contribution in [0, 0.1) is 5.82 Å². The first kappa shape index (κ1) is 24.8. The number of pyridine rings is 1. The van der Waals surface area contributed by atoms with E-state index in [1.165, 1.54) is 12.1 Å². The SMILES string of the molecule is O=C(OCC(=O)N(Cc1ccccc1)Cc1ccccc1)c1cc(-c2ccc(F)cc2)nc2ccccc12. The summed E-state index contributed by atoms with van der Waals surface area (Å²) in [6.07, 6.45) is 0. The minimum Gasteiger partial charge on any atom is -0.452 e. The lowest BCUT2D eigenvalue weighted by molar-refractivity contribution is -0.135. The van der Waals surface area contributed by atoms with Crippen molar-refractivity contribution in [1.29, 1.82) is 0 Å². The average molecular weight is 505 g/mol. The van der Waals surface area contributed by atoms with E-state index in [1.54, 1.807) is 35.2 Å². The number of hydrogen-bond donors (Lipinski definition) is 0. The lowest BCUT2D eigenvalue weighted by Crippen LogP contribution is -2.34. The molecule has 0 fully saturated rings. The lowest BCUT2D eigenvalue weighted by Gasteiger charge is -2.23. The third-order valence-electron chi connectivity index (χ3n) is 6.19. The molecule has 6 heteroatoms. The number of hydrogen-bond acceptors (Lipinski definition) is 4. The molecule has 0 bridgehead atoms. The van der Waals surface area contributed by atoms with Gasteiger partial charge < -0.3 is 9.64 Å². The van der Waals surface area contributed by atoms with Crippen molar-refractivity contribution in [1.82, 2.24) is 9.88 Å². The second-order valence-corrected chi connectivity index (χ2v) is 8.88. The summed E-state index contributed by atoms with van der Waals surface area (Å²) in [5.41, 5.74) is 4.03. The number of benzene rings is 4. The van der Waals surface area contributed by atoms with E-state index in [9.17, 15) is 14.0 Å². The zero-order valence-electron chi connectivity index (χ0n) is 20.6. The van der Waals surface area contributed by atoms with Gasteiger partial charge in [-0.2, -0.15) is 0 Å². The number of amides is 1. The van der Waals surface area contributed by atoms with Crippen LogP contribution in [0.4, 0.5) is 4.39 Å². The molecular weight excluding hydrogens is 479 g/mol. The standard InChI is InChI=1S/C32H25FN2O3/c33-26-17-15-25(16-18-26)30-19-28(27-13-7-8-14-29(27)34-30)32(37)38-22-31(36)35(20-23-9-3-1-4-10-23)21-24-11-5-2-6-12-24/h1-19H,20-22H2. The van der Waals surface area contributed by atoms with Gasteiger partial charge in [0, 0.05) is 24.0 Å². The van der Waals surface area contributed by atoms with Gasteiger partial charge in [-0.3, -0.25) is 4.79 Å². The van der Waals surface area contributed by atoms with Gasteiger partial charge in [-0.1, -0.05) is 78.9 Å². The summed E-state index contributed by atoms with van der Waals surface area (Å²) in [7, 11) is 0. The second-order valence-electron chi connectivity index (χ2n) is 8.88. The third kappa shape index (κ3) is 5.93. The molecule has 5 rings (SSSR count). The summed E-state index contributed by atoms with van der Waals surface area (Å²) in [4.78, 5) is 32.8. The number of fused-ring (bicyclic) bond motifs is 1. The molecule has 38 heavy (non-hydrogen) atoms. The molecule has 0 N–H and O–H groups in total. The molecular formula is C32H25FN2O3. The predicted molar refractivity (Wildman–Crippen MR) is 145 cm³/mol. The zero-order valence-corrected chi connectivity index (χ0v) is 20.6. The molecule has 0 unspecified atom stereocenters. The van der Waals surface area contributed by atoms with Crippen LogP contribution in [0.1, 0.15) is 21.5 Å². The minimum absolute atomic E-state index is 0.292. The van der Waals surface area contributed by atoms with Gasteiger partial charge in [-0.05, 0) is 47.5 Å². The van der Waals surface area contributed by atoms with Gasteiger partial charge >= 0.3 is 5.97 Å². The van der Waals surface area contributed by atoms with Crippen molar-refractivity contribution in [2.75, 3.05) is 6.61 Å². The number of nitrogens with zero attached hydrogens (tertiary/aromatic N) is 2. The van der Waals surface area contributed by atoms with Gasteiger partial charge in [-0.25, -0.2) is 14.2 Å². The Morgan fingerprint density at radius 1 is 0.737 bits per heavy atom. The molecule has 0 spiro atoms. The fourth-order valence-electron chi connectivity index (χ4n) is 4.25. The van der Waals surface area contributed by atoms with Gasteiger partial charge in [0.25, 0.3) is 5.91 Å². The molecule has 0 aliphatic rings. The van der Waals surface area contributed by atoms with Crippen molar-refractivity contribution in [2.24, 2.45) is 0 Å². The van der Waals surface area contributed by atoms with Crippen LogP contribution in [0.25, 0.3) is 22.2 Å². The highest BCUT2D eigenvalue weighted by Crippen LogP contribution is 2.26. The van der Waals surface area contributed by atoms with E-state index >= 15 is 0 Å². The smallest absolute Gasteiger partial charge is 0.339 e. The number of para-hydroxylation sites is 1. The van der Waals surface area contributed by atoms with Crippen LogP contribution in [-0.4, -0.2) is 28.4 Å². The Kier molecular flexibility index (Phi) is 7.50. The molecule has 1 heterocycles. The first-order chi connectivity index (χ1) is 18.6. The second kappa shape index (κ2) is 11.5. The Hall–Kier alpha value is -4.84. The van der Waals surface area contributed by atoms with Crippen molar-refractivity contribution < 1.29 is 18.7 Å². The van der Waals surface area contributed by atoms with Crippen LogP contribution in [0.5, 0.6) is 0 Å². The number of carbonyl (C=O) groups excluding carboxylic acids is 2. The fourth-order valence-corrected chi connectivity index (χ4v) is 4.25. The van der Waals surface area contributed by atoms with Crippen molar-refractivity contribution in [3.63, 3.8) is 0 Å². The highest BCUT2D eigenvalue weighted by Gasteiger charge is 2.20. The molecule has 0 radical (unpaired) electrons. The molecule has 0 aliphatic carbocycles. The molecule has 1 amide bonds. The summed E-state index contributed by atoms with van der Waals surface area (Å²) in [5.74, 6) is -1.29. The predicted octanol–water partition coefficient (Wildman–Crippen LogP) is 6.43. The molecule has 5 nitrogen and oxygen atoms in total. The summed E-state index contributed by atoms with van der Waals surface area (Å²) < 4.78 is 19.0. The first-order valence-electron chi connectivity index (χ1n) is 12.3. The van der Waals surface area contributed by atoms with E-state index in [4.69, 9.17) is 4.74 Å². The molecule has 0 atom stereocenters. The monoisotopic (exact) mass is 504 g/mol. The Labute approximate surface area is 220 Å². The maximum absolute atomic E-state index is 13.4. The number of esters is 1. The van der Waals surface area contributed by atoms with Crippen LogP contribution in [0.15, 0.2) is 115 Å². The summed E-state index contributed by atoms with van der Waals surface area (Å²) in [6, 6.07) is 34.1. The third-order valence-corrected chi connectivity index (χ3v) is 6.19. The highest BCUT2D eigenvalue weighted by atomic mass is 19.1. The van der Waals surface area contributed by atoms with E-state index in [1.807, 2.05) is 72.8 Å². The number of halogens is 1. The number of rotatable bonds is 8. The maximum Gasteiger partial charge on any atom is 0.339 e. The molecule has 0 aliphatic heterocycles. The maximum atomic E-state index is 13.4. The largest absolute Gasteiger partial charge is 0.452 e. The number of aromatic nitrogens is 1. The van der Waals surface area contributed by atoms with Crippen LogP contribution < -0.4 is 0 Å². The number of ether oxygens (including phenoxy) is 1. The zero-order chi connectivity index (χ0) is 26.3. The van der Waals surface area contributed by atoms with Crippen LogP contribution in [0.2, 0.25) is 0 Å². The molecule has 1 aromatic heterocycles. The summed E-state index contributed by atoms with van der Waals surface area (Å²) in [5, 5.41) is 0.612. The van der Waals surface area contributed by atoms with Gasteiger partial charge in [0.15, 0.2) is 6.61 Å². The molecule has 0 saturated carbocycles. The molecule has 4 aromatic carbocycles. The quantitative estimate of drug-likeness (QED) is 0.229. The van der Waals surface area contributed by atoms with Gasteiger partial charge in [0.2, 0.25) is 0 Å². The van der Waals surface area contributed by atoms with Crippen molar-refractivity contribution in [3.8, 4) is 11.3 Å². The van der Waals surface area contributed by atoms with E-state index in [0.717, 1.165) is 11.1 Å². The Balaban J connectivity index is 1.37. The van der Waals surface area contributed by atoms with Crippen LogP contribution in [0.3, 0.4) is 0 Å². The lowest BCUT2D eigenvalue weighted by atomic mass is 10.0. The van der Waals surface area contributed by atoms with E-state index in [0.29, 0.717) is 40.8 Å². The number of carbonyl (C=O) groups is 2. The Morgan fingerprint density at radius 2 is 1.32 bits per heavy atom. The van der Waals surface area contributed by atoms with Crippen molar-refractivity contribution in [2.45, 2.75) is 13.1 Å². The average Bonchev–Trinajstić information content (AvgIpc) is 2.96. The summed E-state index contributed by atoms with van der Waals surface area (Å²) in [6.45, 7) is 0.374. The molecule has 5 aromatic rings. The van der Waals surface area contributed by atoms with Crippen molar-refractivity contribution in [3.05, 3.63) is 138 Å². The Morgan fingerprint density at radius 3 is 1.95 bits per heavy atom. The van der Waals surface area contributed by atoms with E-state index < -0.39 is 12.6 Å². The van der Waals surface area contributed by atoms with Crippen molar-refractivity contribution >= 4 is 22.8 Å². The topological polar surface area (TPSA) is 59.5 Å². The first-order valence-corrected chi connectivity index (χ1v) is 12.3.